The number of likely N-dealkylation sites (tertiary alicyclic amines) is 1. The number of nitrogens with zero attached hydrogens (tertiary/aromatic N) is 1. The van der Waals surface area contributed by atoms with Crippen LogP contribution in [0.3, 0.4) is 0 Å². The van der Waals surface area contributed by atoms with Crippen LogP contribution in [0.1, 0.15) is 26.2 Å². The molecule has 1 amide bonds. The Morgan fingerprint density at radius 3 is 3.11 bits per heavy atom. The zero-order valence-electron chi connectivity index (χ0n) is 11.4. The molecular formula is C15H21FN2O. The molecule has 19 heavy (non-hydrogen) atoms. The zero-order chi connectivity index (χ0) is 13.7. The molecular weight excluding hydrogens is 243 g/mol. The third-order valence-corrected chi connectivity index (χ3v) is 3.50. The minimum Gasteiger partial charge on any atom is -0.326 e. The molecule has 1 heterocycles. The van der Waals surface area contributed by atoms with E-state index in [1.54, 1.807) is 12.1 Å². The predicted molar refractivity (Wildman–Crippen MR) is 74.5 cm³/mol. The van der Waals surface area contributed by atoms with Crippen molar-refractivity contribution in [3.05, 3.63) is 30.1 Å². The van der Waals surface area contributed by atoms with Gasteiger partial charge in [0.25, 0.3) is 0 Å². The summed E-state index contributed by atoms with van der Waals surface area (Å²) >= 11 is 0. The van der Waals surface area contributed by atoms with Crippen LogP contribution < -0.4 is 5.32 Å². The van der Waals surface area contributed by atoms with Crippen LogP contribution >= 0.6 is 0 Å². The first-order valence-electron chi connectivity index (χ1n) is 6.91. The SMILES string of the molecule is CC1CCCN(CCC(=O)Nc2cccc(F)c2)C1. The molecule has 1 saturated heterocycles. The third-order valence-electron chi connectivity index (χ3n) is 3.50. The Kier molecular flexibility index (Phi) is 4.91. The number of amides is 1. The fraction of sp³-hybridized carbons (Fsp3) is 0.533. The van der Waals surface area contributed by atoms with E-state index in [9.17, 15) is 9.18 Å². The Hall–Kier alpha value is -1.42. The Balaban J connectivity index is 1.75. The number of nitrogens with one attached hydrogen (secondary N) is 1. The zero-order valence-corrected chi connectivity index (χ0v) is 11.4. The second kappa shape index (κ2) is 6.66. The lowest BCUT2D eigenvalue weighted by atomic mass is 10.0. The monoisotopic (exact) mass is 264 g/mol. The molecule has 3 nitrogen and oxygen atoms in total. The van der Waals surface area contributed by atoms with Gasteiger partial charge >= 0.3 is 0 Å². The lowest BCUT2D eigenvalue weighted by Gasteiger charge is -2.30. The van der Waals surface area contributed by atoms with Crippen LogP contribution in [0.25, 0.3) is 0 Å². The Labute approximate surface area is 113 Å². The van der Waals surface area contributed by atoms with E-state index in [0.717, 1.165) is 25.6 Å². The number of carbonyl (C=O) groups is 1. The Bertz CT molecular complexity index is 436. The summed E-state index contributed by atoms with van der Waals surface area (Å²) in [5.41, 5.74) is 0.525. The number of benzene rings is 1. The number of carbonyl (C=O) groups excluding carboxylic acids is 1. The highest BCUT2D eigenvalue weighted by Crippen LogP contribution is 2.15. The quantitative estimate of drug-likeness (QED) is 0.907. The van der Waals surface area contributed by atoms with Crippen LogP contribution in [0, 0.1) is 11.7 Å². The summed E-state index contributed by atoms with van der Waals surface area (Å²) < 4.78 is 13.0. The average Bonchev–Trinajstić information content (AvgIpc) is 2.36. The molecule has 1 aromatic carbocycles. The van der Waals surface area contributed by atoms with E-state index in [-0.39, 0.29) is 11.7 Å². The predicted octanol–water partition coefficient (Wildman–Crippen LogP) is 2.89. The topological polar surface area (TPSA) is 32.3 Å². The van der Waals surface area contributed by atoms with Crippen molar-refractivity contribution in [3.8, 4) is 0 Å². The van der Waals surface area contributed by atoms with Gasteiger partial charge in [0, 0.05) is 25.2 Å². The van der Waals surface area contributed by atoms with E-state index in [4.69, 9.17) is 0 Å². The maximum absolute atomic E-state index is 13.0. The molecule has 104 valence electrons. The highest BCUT2D eigenvalue weighted by molar-refractivity contribution is 5.90. The van der Waals surface area contributed by atoms with Crippen molar-refractivity contribution in [1.29, 1.82) is 0 Å². The summed E-state index contributed by atoms with van der Waals surface area (Å²) in [6, 6.07) is 5.99. The number of hydrogen-bond donors (Lipinski definition) is 1. The van der Waals surface area contributed by atoms with Crippen molar-refractivity contribution in [3.63, 3.8) is 0 Å². The highest BCUT2D eigenvalue weighted by Gasteiger charge is 2.16. The van der Waals surface area contributed by atoms with Gasteiger partial charge in [0.05, 0.1) is 0 Å². The highest BCUT2D eigenvalue weighted by atomic mass is 19.1. The number of piperidine rings is 1. The van der Waals surface area contributed by atoms with Crippen LogP contribution in [-0.2, 0) is 4.79 Å². The van der Waals surface area contributed by atoms with E-state index < -0.39 is 0 Å². The van der Waals surface area contributed by atoms with Gasteiger partial charge in [-0.1, -0.05) is 13.0 Å². The summed E-state index contributed by atoms with van der Waals surface area (Å²) in [7, 11) is 0. The largest absolute Gasteiger partial charge is 0.326 e. The van der Waals surface area contributed by atoms with Crippen LogP contribution in [0.15, 0.2) is 24.3 Å². The summed E-state index contributed by atoms with van der Waals surface area (Å²) in [4.78, 5) is 14.1. The Morgan fingerprint density at radius 2 is 2.37 bits per heavy atom. The van der Waals surface area contributed by atoms with Gasteiger partial charge in [-0.05, 0) is 43.5 Å². The first-order valence-corrected chi connectivity index (χ1v) is 6.91. The van der Waals surface area contributed by atoms with Gasteiger partial charge in [0.2, 0.25) is 5.91 Å². The van der Waals surface area contributed by atoms with E-state index in [2.05, 4.69) is 17.1 Å². The molecule has 0 aliphatic carbocycles. The van der Waals surface area contributed by atoms with Gasteiger partial charge in [-0.15, -0.1) is 0 Å². The van der Waals surface area contributed by atoms with Crippen molar-refractivity contribution in [2.24, 2.45) is 5.92 Å². The molecule has 1 aliphatic heterocycles. The van der Waals surface area contributed by atoms with E-state index in [1.165, 1.54) is 25.0 Å². The molecule has 1 fully saturated rings. The summed E-state index contributed by atoms with van der Waals surface area (Å²) in [5.74, 6) is 0.339. The molecule has 1 aromatic rings. The average molecular weight is 264 g/mol. The first-order chi connectivity index (χ1) is 9.13. The normalized spacial score (nSPS) is 20.2. The van der Waals surface area contributed by atoms with Crippen molar-refractivity contribution in [1.82, 2.24) is 4.90 Å². The van der Waals surface area contributed by atoms with E-state index >= 15 is 0 Å². The molecule has 1 unspecified atom stereocenters. The van der Waals surface area contributed by atoms with Crippen LogP contribution in [0.2, 0.25) is 0 Å². The molecule has 1 atom stereocenters. The lowest BCUT2D eigenvalue weighted by Crippen LogP contribution is -2.36. The van der Waals surface area contributed by atoms with Crippen molar-refractivity contribution < 1.29 is 9.18 Å². The summed E-state index contributed by atoms with van der Waals surface area (Å²) in [5, 5.41) is 2.73. The van der Waals surface area contributed by atoms with Gasteiger partial charge < -0.3 is 10.2 Å². The van der Waals surface area contributed by atoms with Crippen molar-refractivity contribution >= 4 is 11.6 Å². The fourth-order valence-corrected chi connectivity index (χ4v) is 2.54. The molecule has 0 aromatic heterocycles. The number of halogens is 1. The smallest absolute Gasteiger partial charge is 0.225 e. The maximum atomic E-state index is 13.0. The summed E-state index contributed by atoms with van der Waals surface area (Å²) in [6.07, 6.45) is 2.96. The minimum absolute atomic E-state index is 0.0520. The van der Waals surface area contributed by atoms with Gasteiger partial charge in [0.1, 0.15) is 5.82 Å². The van der Waals surface area contributed by atoms with E-state index in [0.29, 0.717) is 12.1 Å². The molecule has 0 radical (unpaired) electrons. The summed E-state index contributed by atoms with van der Waals surface area (Å²) in [6.45, 7) is 5.19. The van der Waals surface area contributed by atoms with Crippen LogP contribution in [-0.4, -0.2) is 30.4 Å². The molecule has 1 aliphatic rings. The van der Waals surface area contributed by atoms with E-state index in [1.807, 2.05) is 0 Å². The molecule has 2 rings (SSSR count). The molecule has 0 saturated carbocycles. The Morgan fingerprint density at radius 1 is 1.53 bits per heavy atom. The van der Waals surface area contributed by atoms with Crippen molar-refractivity contribution in [2.75, 3.05) is 25.0 Å². The number of hydrogen-bond acceptors (Lipinski definition) is 2. The van der Waals surface area contributed by atoms with Crippen LogP contribution in [0.4, 0.5) is 10.1 Å². The second-order valence-corrected chi connectivity index (χ2v) is 5.36. The molecule has 0 spiro atoms. The number of anilines is 1. The van der Waals surface area contributed by atoms with Gasteiger partial charge in [0.15, 0.2) is 0 Å². The molecule has 4 heteroatoms. The van der Waals surface area contributed by atoms with Crippen LogP contribution in [0.5, 0.6) is 0 Å². The van der Waals surface area contributed by atoms with Crippen molar-refractivity contribution in [2.45, 2.75) is 26.2 Å². The second-order valence-electron chi connectivity index (χ2n) is 5.36. The number of rotatable bonds is 4. The molecule has 0 bridgehead atoms. The van der Waals surface area contributed by atoms with Gasteiger partial charge in [-0.3, -0.25) is 4.79 Å². The minimum atomic E-state index is -0.331. The lowest BCUT2D eigenvalue weighted by molar-refractivity contribution is -0.116. The fourth-order valence-electron chi connectivity index (χ4n) is 2.54. The molecule has 1 N–H and O–H groups in total. The third kappa shape index (κ3) is 4.63. The first kappa shape index (κ1) is 14.0. The van der Waals surface area contributed by atoms with Gasteiger partial charge in [-0.2, -0.15) is 0 Å². The standard InChI is InChI=1S/C15H21FN2O/c1-12-4-3-8-18(11-12)9-7-15(19)17-14-6-2-5-13(16)10-14/h2,5-6,10,12H,3-4,7-9,11H2,1H3,(H,17,19). The van der Waals surface area contributed by atoms with Gasteiger partial charge in [-0.25, -0.2) is 4.39 Å². The maximum Gasteiger partial charge on any atom is 0.225 e.